The van der Waals surface area contributed by atoms with E-state index in [1.165, 1.54) is 25.1 Å². The van der Waals surface area contributed by atoms with Crippen LogP contribution < -0.4 is 15.1 Å². The van der Waals surface area contributed by atoms with E-state index in [1.54, 1.807) is 0 Å². The summed E-state index contributed by atoms with van der Waals surface area (Å²) in [6.07, 6.45) is 1.78. The Hall–Kier alpha value is -3.39. The molecule has 1 aromatic carbocycles. The van der Waals surface area contributed by atoms with Crippen molar-refractivity contribution in [3.63, 3.8) is 0 Å². The minimum absolute atomic E-state index is 0.00597. The first-order chi connectivity index (χ1) is 14.1. The fraction of sp³-hybridized carbons (Fsp3) is 0.235. The van der Waals surface area contributed by atoms with Crippen LogP contribution in [0.15, 0.2) is 32.4 Å². The van der Waals surface area contributed by atoms with Crippen molar-refractivity contribution in [3.8, 4) is 11.7 Å². The number of benzene rings is 1. The summed E-state index contributed by atoms with van der Waals surface area (Å²) in [7, 11) is -7.43. The fourth-order valence-electron chi connectivity index (χ4n) is 2.62. The molecule has 0 atom stereocenters. The van der Waals surface area contributed by atoms with Crippen LogP contribution in [-0.2, 0) is 20.0 Å². The average Bonchev–Trinajstić information content (AvgIpc) is 2.49. The molecular formula is C17H19N3O9S2. The lowest BCUT2D eigenvalue weighted by Gasteiger charge is -2.11. The number of hydrogen-bond donors (Lipinski definition) is 4. The van der Waals surface area contributed by atoms with E-state index in [2.05, 4.69) is 18.9 Å². The first-order valence-corrected chi connectivity index (χ1v) is 12.1. The summed E-state index contributed by atoms with van der Waals surface area (Å²) in [6, 6.07) is 3.68. The predicted octanol–water partition coefficient (Wildman–Crippen LogP) is 1.14. The number of Topliss-reactive ketones (excluding diaryl/α,β-unsaturated/α-hetero) is 1. The summed E-state index contributed by atoms with van der Waals surface area (Å²) < 4.78 is 55.1. The third-order valence-electron chi connectivity index (χ3n) is 3.62. The zero-order valence-electron chi connectivity index (χ0n) is 16.7. The Kier molecular flexibility index (Phi) is 6.46. The Balaban J connectivity index is 2.69. The van der Waals surface area contributed by atoms with Gasteiger partial charge in [0.05, 0.1) is 35.3 Å². The molecule has 0 aliphatic heterocycles. The van der Waals surface area contributed by atoms with Crippen LogP contribution in [0.2, 0.25) is 0 Å². The van der Waals surface area contributed by atoms with E-state index in [4.69, 9.17) is 0 Å². The zero-order valence-corrected chi connectivity index (χ0v) is 18.4. The molecule has 0 aliphatic rings. The van der Waals surface area contributed by atoms with E-state index in [0.29, 0.717) is 0 Å². The zero-order chi connectivity index (χ0) is 23.7. The number of anilines is 2. The first kappa shape index (κ1) is 23.9. The maximum atomic E-state index is 12.1. The van der Waals surface area contributed by atoms with Crippen molar-refractivity contribution >= 4 is 48.6 Å². The highest BCUT2D eigenvalue weighted by molar-refractivity contribution is 7.92. The Morgan fingerprint density at radius 3 is 1.84 bits per heavy atom. The number of nitrogens with zero attached hydrogens (tertiary/aromatic N) is 1. The third-order valence-corrected chi connectivity index (χ3v) is 4.83. The van der Waals surface area contributed by atoms with Crippen molar-refractivity contribution in [2.75, 3.05) is 22.0 Å². The summed E-state index contributed by atoms with van der Waals surface area (Å²) in [5, 5.41) is 19.9. The number of sulfonamides is 2. The van der Waals surface area contributed by atoms with Crippen molar-refractivity contribution in [1.29, 1.82) is 0 Å². The van der Waals surface area contributed by atoms with Gasteiger partial charge >= 0.3 is 5.63 Å². The number of carbonyl (C=O) groups excluding carboxylic acids is 1. The molecule has 1 aromatic heterocycles. The molecule has 0 aliphatic carbocycles. The number of ketones is 1. The van der Waals surface area contributed by atoms with Gasteiger partial charge in [-0.2, -0.15) is 0 Å². The van der Waals surface area contributed by atoms with E-state index in [1.807, 2.05) is 0 Å². The Morgan fingerprint density at radius 1 is 0.935 bits per heavy atom. The lowest BCUT2D eigenvalue weighted by molar-refractivity contribution is 0.100. The normalized spacial score (nSPS) is 12.5. The highest BCUT2D eigenvalue weighted by Crippen LogP contribution is 2.31. The fourth-order valence-corrected chi connectivity index (χ4v) is 3.71. The van der Waals surface area contributed by atoms with Crippen LogP contribution in [0.25, 0.3) is 0 Å². The molecule has 12 nitrogen and oxygen atoms in total. The van der Waals surface area contributed by atoms with Gasteiger partial charge in [0.1, 0.15) is 16.9 Å². The lowest BCUT2D eigenvalue weighted by Crippen LogP contribution is -2.15. The molecule has 0 bridgehead atoms. The molecule has 31 heavy (non-hydrogen) atoms. The minimum Gasteiger partial charge on any atom is -0.506 e. The molecule has 0 fully saturated rings. The standard InChI is InChI=1S/C17H19N3O9S2/c1-8(13-15(22)14(9(2)21)17(24)29-16(13)23)18-10-5-11(19-30(3,25)26)7-12(6-10)20-31(4,27)28/h5-7,19-20,22,24H,1-4H3. The summed E-state index contributed by atoms with van der Waals surface area (Å²) in [4.78, 5) is 27.8. The van der Waals surface area contributed by atoms with Gasteiger partial charge in [0.2, 0.25) is 20.0 Å². The molecule has 0 saturated carbocycles. The van der Waals surface area contributed by atoms with Gasteiger partial charge in [-0.3, -0.25) is 19.2 Å². The van der Waals surface area contributed by atoms with Crippen LogP contribution in [0.5, 0.6) is 11.7 Å². The van der Waals surface area contributed by atoms with Gasteiger partial charge in [-0.1, -0.05) is 0 Å². The number of hydrogen-bond acceptors (Lipinski definition) is 10. The van der Waals surface area contributed by atoms with E-state index in [0.717, 1.165) is 19.4 Å². The molecular weight excluding hydrogens is 454 g/mol. The van der Waals surface area contributed by atoms with E-state index < -0.39 is 54.3 Å². The second-order valence-electron chi connectivity index (χ2n) is 6.56. The molecule has 0 radical (unpaired) electrons. The lowest BCUT2D eigenvalue weighted by atomic mass is 10.1. The average molecular weight is 473 g/mol. The van der Waals surface area contributed by atoms with E-state index >= 15 is 0 Å². The predicted molar refractivity (Wildman–Crippen MR) is 114 cm³/mol. The molecule has 1 heterocycles. The molecule has 14 heteroatoms. The van der Waals surface area contributed by atoms with E-state index in [9.17, 15) is 36.6 Å². The minimum atomic E-state index is -3.71. The monoisotopic (exact) mass is 473 g/mol. The number of carbonyl (C=O) groups is 1. The summed E-state index contributed by atoms with van der Waals surface area (Å²) in [6.45, 7) is 2.32. The highest BCUT2D eigenvalue weighted by Gasteiger charge is 2.24. The Morgan fingerprint density at radius 2 is 1.42 bits per heavy atom. The molecule has 0 unspecified atom stereocenters. The largest absolute Gasteiger partial charge is 0.506 e. The van der Waals surface area contributed by atoms with Crippen molar-refractivity contribution in [1.82, 2.24) is 0 Å². The van der Waals surface area contributed by atoms with Crippen molar-refractivity contribution in [3.05, 3.63) is 39.7 Å². The molecule has 2 aromatic rings. The quantitative estimate of drug-likeness (QED) is 0.337. The van der Waals surface area contributed by atoms with Crippen LogP contribution in [0, 0.1) is 0 Å². The van der Waals surface area contributed by atoms with Crippen LogP contribution in [-0.4, -0.2) is 51.1 Å². The van der Waals surface area contributed by atoms with Gasteiger partial charge in [-0.05, 0) is 32.0 Å². The molecule has 0 spiro atoms. The summed E-state index contributed by atoms with van der Waals surface area (Å²) in [5.74, 6) is -2.67. The summed E-state index contributed by atoms with van der Waals surface area (Å²) in [5.41, 5.74) is -2.54. The van der Waals surface area contributed by atoms with E-state index in [-0.39, 0.29) is 22.8 Å². The third kappa shape index (κ3) is 6.29. The topological polar surface area (TPSA) is 192 Å². The molecule has 0 saturated heterocycles. The van der Waals surface area contributed by atoms with Crippen LogP contribution in [0.4, 0.5) is 17.1 Å². The second-order valence-corrected chi connectivity index (χ2v) is 10.1. The van der Waals surface area contributed by atoms with Crippen LogP contribution >= 0.6 is 0 Å². The number of rotatable bonds is 7. The maximum absolute atomic E-state index is 12.1. The first-order valence-electron chi connectivity index (χ1n) is 8.33. The maximum Gasteiger partial charge on any atom is 0.351 e. The smallest absolute Gasteiger partial charge is 0.351 e. The van der Waals surface area contributed by atoms with Crippen molar-refractivity contribution in [2.45, 2.75) is 13.8 Å². The molecule has 168 valence electrons. The van der Waals surface area contributed by atoms with Gasteiger partial charge in [0.25, 0.3) is 5.95 Å². The van der Waals surface area contributed by atoms with Gasteiger partial charge < -0.3 is 14.6 Å². The van der Waals surface area contributed by atoms with Gasteiger partial charge in [0.15, 0.2) is 5.78 Å². The molecule has 0 amide bonds. The Labute approximate surface area is 177 Å². The Bertz CT molecular complexity index is 1310. The number of aliphatic imine (C=N–C) groups is 1. The summed E-state index contributed by atoms with van der Waals surface area (Å²) >= 11 is 0. The SMILES string of the molecule is CC(=O)c1c(O)oc(=O)c(C(C)=Nc2cc(NS(C)(=O)=O)cc(NS(C)(=O)=O)c2)c1O. The van der Waals surface area contributed by atoms with Crippen molar-refractivity contribution < 1.29 is 36.3 Å². The highest BCUT2D eigenvalue weighted by atomic mass is 32.2. The van der Waals surface area contributed by atoms with Gasteiger partial charge in [-0.15, -0.1) is 0 Å². The van der Waals surface area contributed by atoms with Crippen LogP contribution in [0.1, 0.15) is 29.8 Å². The van der Waals surface area contributed by atoms with Crippen molar-refractivity contribution in [2.24, 2.45) is 4.99 Å². The molecule has 2 rings (SSSR count). The number of aromatic hydroxyl groups is 2. The second kappa shape index (κ2) is 8.39. The number of nitrogens with one attached hydrogen (secondary N) is 2. The van der Waals surface area contributed by atoms with Gasteiger partial charge in [0, 0.05) is 0 Å². The molecule has 4 N–H and O–H groups in total. The van der Waals surface area contributed by atoms with Gasteiger partial charge in [-0.25, -0.2) is 21.6 Å². The van der Waals surface area contributed by atoms with Crippen LogP contribution in [0.3, 0.4) is 0 Å².